The highest BCUT2D eigenvalue weighted by atomic mass is 35.5. The first-order chi connectivity index (χ1) is 19.8. The van der Waals surface area contributed by atoms with E-state index in [0.29, 0.717) is 29.4 Å². The minimum absolute atomic E-state index is 0.326. The van der Waals surface area contributed by atoms with Crippen LogP contribution in [-0.2, 0) is 22.6 Å². The van der Waals surface area contributed by atoms with E-state index in [1.807, 2.05) is 43.3 Å². The number of aryl methyl sites for hydroxylation is 2. The Balaban J connectivity index is 0.000000226. The first-order valence-corrected chi connectivity index (χ1v) is 13.3. The summed E-state index contributed by atoms with van der Waals surface area (Å²) in [4.78, 5) is 31.4. The summed E-state index contributed by atoms with van der Waals surface area (Å²) in [5.74, 6) is -0.692. The molecule has 6 nitrogen and oxygen atoms in total. The molecule has 4 aromatic rings. The second-order valence-electron chi connectivity index (χ2n) is 9.23. The minimum Gasteiger partial charge on any atom is -0.465 e. The number of hydrogen-bond acceptors (Lipinski definition) is 6. The number of halogens is 1. The first-order valence-electron chi connectivity index (χ1n) is 13.0. The fraction of sp³-hybridized carbons (Fsp3) is 0.176. The van der Waals surface area contributed by atoms with Crippen LogP contribution < -0.4 is 0 Å². The van der Waals surface area contributed by atoms with E-state index >= 15 is 0 Å². The van der Waals surface area contributed by atoms with Crippen LogP contribution >= 0.6 is 11.6 Å². The molecular formula is C34H33ClN2O4. The molecule has 0 radical (unpaired) electrons. The van der Waals surface area contributed by atoms with Gasteiger partial charge in [0, 0.05) is 11.8 Å². The summed E-state index contributed by atoms with van der Waals surface area (Å²) in [5.41, 5.74) is 7.51. The maximum atomic E-state index is 11.3. The van der Waals surface area contributed by atoms with E-state index in [9.17, 15) is 9.59 Å². The molecule has 0 aromatic heterocycles. The van der Waals surface area contributed by atoms with Crippen molar-refractivity contribution in [3.05, 3.63) is 142 Å². The zero-order chi connectivity index (χ0) is 29.6. The van der Waals surface area contributed by atoms with Gasteiger partial charge >= 0.3 is 11.9 Å². The summed E-state index contributed by atoms with van der Waals surface area (Å²) in [6, 6.07) is 30.5. The summed E-state index contributed by atoms with van der Waals surface area (Å²) < 4.78 is 9.30. The van der Waals surface area contributed by atoms with Crippen LogP contribution in [0.5, 0.6) is 0 Å². The van der Waals surface area contributed by atoms with E-state index in [-0.39, 0.29) is 11.9 Å². The molecule has 0 fully saturated rings. The monoisotopic (exact) mass is 568 g/mol. The van der Waals surface area contributed by atoms with Crippen molar-refractivity contribution in [1.29, 1.82) is 0 Å². The van der Waals surface area contributed by atoms with Crippen molar-refractivity contribution in [3.63, 3.8) is 0 Å². The molecule has 210 valence electrons. The van der Waals surface area contributed by atoms with Gasteiger partial charge in [0.15, 0.2) is 0 Å². The lowest BCUT2D eigenvalue weighted by molar-refractivity contribution is 0.0592. The molecule has 0 saturated heterocycles. The van der Waals surface area contributed by atoms with Gasteiger partial charge in [0.25, 0.3) is 0 Å². The van der Waals surface area contributed by atoms with Crippen molar-refractivity contribution in [3.8, 4) is 0 Å². The van der Waals surface area contributed by atoms with Gasteiger partial charge < -0.3 is 9.47 Å². The van der Waals surface area contributed by atoms with E-state index in [1.165, 1.54) is 30.9 Å². The maximum Gasteiger partial charge on any atom is 0.337 e. The van der Waals surface area contributed by atoms with E-state index < -0.39 is 0 Å². The number of methoxy groups -OCH3 is 2. The van der Waals surface area contributed by atoms with E-state index in [4.69, 9.17) is 11.6 Å². The summed E-state index contributed by atoms with van der Waals surface area (Å²) >= 11 is 6.19. The van der Waals surface area contributed by atoms with Crippen molar-refractivity contribution < 1.29 is 19.1 Å². The van der Waals surface area contributed by atoms with Crippen LogP contribution in [0, 0.1) is 13.8 Å². The molecule has 0 aliphatic heterocycles. The number of ether oxygens (including phenoxy) is 2. The van der Waals surface area contributed by atoms with Gasteiger partial charge in [-0.15, -0.1) is 0 Å². The lowest BCUT2D eigenvalue weighted by atomic mass is 10.1. The Bertz CT molecular complexity index is 1480. The highest BCUT2D eigenvalue weighted by Crippen LogP contribution is 2.12. The van der Waals surface area contributed by atoms with Crippen LogP contribution in [-0.4, -0.2) is 37.5 Å². The molecule has 0 N–H and O–H groups in total. The second-order valence-corrected chi connectivity index (χ2v) is 9.59. The zero-order valence-corrected chi connectivity index (χ0v) is 24.4. The second kappa shape index (κ2) is 15.9. The Kier molecular flexibility index (Phi) is 12.0. The van der Waals surface area contributed by atoms with Crippen LogP contribution in [0.1, 0.15) is 54.1 Å². The summed E-state index contributed by atoms with van der Waals surface area (Å²) in [6.07, 6.45) is 1.81. The molecule has 0 unspecified atom stereocenters. The third kappa shape index (κ3) is 10.2. The van der Waals surface area contributed by atoms with Crippen molar-refractivity contribution in [2.45, 2.75) is 26.9 Å². The molecule has 0 atom stereocenters. The maximum absolute atomic E-state index is 11.3. The van der Waals surface area contributed by atoms with Gasteiger partial charge in [-0.3, -0.25) is 9.98 Å². The average Bonchev–Trinajstić information content (AvgIpc) is 3.01. The van der Waals surface area contributed by atoms with Gasteiger partial charge in [-0.05, 0) is 54.8 Å². The number of hydrogen-bond donors (Lipinski definition) is 0. The number of carbonyl (C=O) groups excluding carboxylic acids is 2. The van der Waals surface area contributed by atoms with Crippen LogP contribution in [0.4, 0.5) is 0 Å². The molecule has 0 aliphatic rings. The molecule has 0 aliphatic carbocycles. The summed E-state index contributed by atoms with van der Waals surface area (Å²) in [7, 11) is 2.73. The molecule has 0 spiro atoms. The third-order valence-electron chi connectivity index (χ3n) is 6.03. The standard InChI is InChI=1S/C17H16ClNO2.C17H17NO2/c1-12-3-5-13(6-4-12)11-19-16(18)14-7-9-15(10-8-14)17(20)21-2;1-13-3-5-14(6-4-13)11-18-12-15-7-9-16(10-8-15)17(19)20-2/h3-10H,11H2,1-2H3;3-10,12H,11H2,1-2H3. The number of esters is 2. The van der Waals surface area contributed by atoms with Crippen molar-refractivity contribution in [2.75, 3.05) is 14.2 Å². The van der Waals surface area contributed by atoms with Crippen molar-refractivity contribution >= 4 is 34.9 Å². The molecule has 0 saturated carbocycles. The van der Waals surface area contributed by atoms with Gasteiger partial charge in [0.2, 0.25) is 0 Å². The molecule has 41 heavy (non-hydrogen) atoms. The largest absolute Gasteiger partial charge is 0.465 e. The zero-order valence-electron chi connectivity index (χ0n) is 23.6. The first kappa shape index (κ1) is 31.0. The molecule has 0 heterocycles. The number of rotatable bonds is 8. The van der Waals surface area contributed by atoms with Crippen molar-refractivity contribution in [2.24, 2.45) is 9.98 Å². The predicted molar refractivity (Wildman–Crippen MR) is 165 cm³/mol. The SMILES string of the molecule is COC(=O)c1ccc(C(Cl)=NCc2ccc(C)cc2)cc1.COC(=O)c1ccc(C=NCc2ccc(C)cc2)cc1. The van der Waals surface area contributed by atoms with Crippen molar-refractivity contribution in [1.82, 2.24) is 0 Å². The number of carbonyl (C=O) groups is 2. The molecular weight excluding hydrogens is 536 g/mol. The normalized spacial score (nSPS) is 11.0. The molecule has 4 rings (SSSR count). The van der Waals surface area contributed by atoms with Gasteiger partial charge in [-0.25, -0.2) is 9.59 Å². The smallest absolute Gasteiger partial charge is 0.337 e. The minimum atomic E-state index is -0.366. The molecule has 0 amide bonds. The Hall–Kier alpha value is -4.55. The molecule has 0 bridgehead atoms. The van der Waals surface area contributed by atoms with Crippen LogP contribution in [0.15, 0.2) is 107 Å². The Morgan fingerprint density at radius 1 is 0.634 bits per heavy atom. The Morgan fingerprint density at radius 3 is 1.51 bits per heavy atom. The van der Waals surface area contributed by atoms with Crippen LogP contribution in [0.2, 0.25) is 0 Å². The van der Waals surface area contributed by atoms with Gasteiger partial charge in [0.1, 0.15) is 5.17 Å². The number of benzene rings is 4. The highest BCUT2D eigenvalue weighted by Gasteiger charge is 2.06. The average molecular weight is 569 g/mol. The van der Waals surface area contributed by atoms with E-state index in [2.05, 4.69) is 50.6 Å². The fourth-order valence-corrected chi connectivity index (χ4v) is 3.77. The Morgan fingerprint density at radius 2 is 1.05 bits per heavy atom. The van der Waals surface area contributed by atoms with Gasteiger partial charge in [0.05, 0.1) is 38.4 Å². The van der Waals surface area contributed by atoms with E-state index in [0.717, 1.165) is 16.7 Å². The quantitative estimate of drug-likeness (QED) is 0.164. The number of aliphatic imine (C=N–C) groups is 2. The lowest BCUT2D eigenvalue weighted by Gasteiger charge is -2.02. The lowest BCUT2D eigenvalue weighted by Crippen LogP contribution is -2.01. The summed E-state index contributed by atoms with van der Waals surface area (Å²) in [5, 5.41) is 0.423. The highest BCUT2D eigenvalue weighted by molar-refractivity contribution is 6.69. The predicted octanol–water partition coefficient (Wildman–Crippen LogP) is 7.37. The topological polar surface area (TPSA) is 77.3 Å². The fourth-order valence-electron chi connectivity index (χ4n) is 3.58. The molecule has 7 heteroatoms. The van der Waals surface area contributed by atoms with Crippen LogP contribution in [0.3, 0.4) is 0 Å². The Labute approximate surface area is 246 Å². The van der Waals surface area contributed by atoms with Gasteiger partial charge in [-0.1, -0.05) is 95.5 Å². The van der Waals surface area contributed by atoms with Gasteiger partial charge in [-0.2, -0.15) is 0 Å². The van der Waals surface area contributed by atoms with Crippen LogP contribution in [0.25, 0.3) is 0 Å². The molecule has 4 aromatic carbocycles. The summed E-state index contributed by atoms with van der Waals surface area (Å²) in [6.45, 7) is 5.29. The number of nitrogens with zero attached hydrogens (tertiary/aromatic N) is 2. The van der Waals surface area contributed by atoms with E-state index in [1.54, 1.807) is 42.6 Å². The third-order valence-corrected chi connectivity index (χ3v) is 6.37.